The van der Waals surface area contributed by atoms with Crippen LogP contribution in [0.2, 0.25) is 0 Å². The summed E-state index contributed by atoms with van der Waals surface area (Å²) in [5.74, 6) is 0.721. The van der Waals surface area contributed by atoms with Gasteiger partial charge >= 0.3 is 6.09 Å². The summed E-state index contributed by atoms with van der Waals surface area (Å²) >= 11 is 0. The van der Waals surface area contributed by atoms with E-state index in [1.165, 1.54) is 0 Å². The largest absolute Gasteiger partial charge is 0.465 e. The molecule has 3 aromatic rings. The van der Waals surface area contributed by atoms with Crippen LogP contribution in [0.5, 0.6) is 0 Å². The second-order valence-corrected chi connectivity index (χ2v) is 7.69. The SMILES string of the molecule is Cc1ccc(C)n1-c1ccc([C@H](O)CN(C(=O)O)[C@H](CO)COCc2ccccc2)cn1. The lowest BCUT2D eigenvalue weighted by molar-refractivity contribution is 0.00899. The summed E-state index contributed by atoms with van der Waals surface area (Å²) in [6.07, 6.45) is -0.795. The molecule has 0 saturated heterocycles. The molecule has 2 aromatic heterocycles. The predicted molar refractivity (Wildman–Crippen MR) is 120 cm³/mol. The van der Waals surface area contributed by atoms with Gasteiger partial charge < -0.3 is 24.6 Å². The summed E-state index contributed by atoms with van der Waals surface area (Å²) in [4.78, 5) is 17.2. The van der Waals surface area contributed by atoms with Crippen LogP contribution in [0.3, 0.4) is 0 Å². The van der Waals surface area contributed by atoms with E-state index in [4.69, 9.17) is 4.74 Å². The van der Waals surface area contributed by atoms with Crippen LogP contribution < -0.4 is 0 Å². The standard InChI is InChI=1S/C24H29N3O5/c1-17-8-9-18(2)27(17)23-11-10-20(12-25-23)22(29)13-26(24(30)31)21(14-28)16-32-15-19-6-4-3-5-7-19/h3-12,21-22,28-29H,13-16H2,1-2H3,(H,30,31)/t21-,22-/m1/s1. The number of rotatable bonds is 10. The lowest BCUT2D eigenvalue weighted by Crippen LogP contribution is -2.46. The molecule has 0 aliphatic rings. The number of pyridine rings is 1. The molecule has 0 spiro atoms. The number of aryl methyl sites for hydroxylation is 2. The Kier molecular flexibility index (Phi) is 7.99. The number of amides is 1. The number of carboxylic acid groups (broad SMARTS) is 1. The first-order valence-electron chi connectivity index (χ1n) is 10.4. The van der Waals surface area contributed by atoms with Crippen LogP contribution >= 0.6 is 0 Å². The number of carbonyl (C=O) groups is 1. The van der Waals surface area contributed by atoms with Crippen LogP contribution in [0.15, 0.2) is 60.8 Å². The molecule has 0 bridgehead atoms. The average Bonchev–Trinajstić information content (AvgIpc) is 3.14. The Hall–Kier alpha value is -3.20. The molecule has 3 N–H and O–H groups in total. The van der Waals surface area contributed by atoms with Gasteiger partial charge in [-0.15, -0.1) is 0 Å². The molecular formula is C24H29N3O5. The Morgan fingerprint density at radius 3 is 2.34 bits per heavy atom. The molecule has 32 heavy (non-hydrogen) atoms. The molecule has 0 radical (unpaired) electrons. The van der Waals surface area contributed by atoms with E-state index in [-0.39, 0.29) is 13.2 Å². The molecule has 1 amide bonds. The predicted octanol–water partition coefficient (Wildman–Crippen LogP) is 3.08. The highest BCUT2D eigenvalue weighted by Gasteiger charge is 2.26. The van der Waals surface area contributed by atoms with E-state index < -0.39 is 24.8 Å². The molecule has 2 atom stereocenters. The Bertz CT molecular complexity index is 985. The zero-order valence-corrected chi connectivity index (χ0v) is 18.3. The minimum atomic E-state index is -1.24. The summed E-state index contributed by atoms with van der Waals surface area (Å²) in [5, 5.41) is 30.0. The van der Waals surface area contributed by atoms with Gasteiger partial charge in [-0.05, 0) is 37.6 Å². The van der Waals surface area contributed by atoms with Crippen molar-refractivity contribution in [1.82, 2.24) is 14.5 Å². The molecule has 0 saturated carbocycles. The summed E-state index contributed by atoms with van der Waals surface area (Å²) in [6, 6.07) is 16.2. The van der Waals surface area contributed by atoms with Gasteiger partial charge in [0.05, 0.1) is 38.5 Å². The third-order valence-corrected chi connectivity index (χ3v) is 5.34. The Morgan fingerprint density at radius 2 is 1.78 bits per heavy atom. The maximum Gasteiger partial charge on any atom is 0.407 e. The topological polar surface area (TPSA) is 108 Å². The minimum Gasteiger partial charge on any atom is -0.465 e. The van der Waals surface area contributed by atoms with Crippen LogP contribution in [0.25, 0.3) is 5.82 Å². The van der Waals surface area contributed by atoms with Crippen LogP contribution in [-0.4, -0.2) is 61.7 Å². The molecule has 1 aromatic carbocycles. The zero-order valence-electron chi connectivity index (χ0n) is 18.3. The van der Waals surface area contributed by atoms with E-state index in [9.17, 15) is 20.1 Å². The fraction of sp³-hybridized carbons (Fsp3) is 0.333. The molecule has 170 valence electrons. The van der Waals surface area contributed by atoms with Crippen molar-refractivity contribution in [2.24, 2.45) is 0 Å². The number of aliphatic hydroxyl groups excluding tert-OH is 2. The van der Waals surface area contributed by atoms with E-state index in [1.54, 1.807) is 18.3 Å². The van der Waals surface area contributed by atoms with Crippen LogP contribution in [0, 0.1) is 13.8 Å². The fourth-order valence-corrected chi connectivity index (χ4v) is 3.56. The second-order valence-electron chi connectivity index (χ2n) is 7.69. The molecule has 8 nitrogen and oxygen atoms in total. The van der Waals surface area contributed by atoms with Crippen LogP contribution in [0.4, 0.5) is 4.79 Å². The highest BCUT2D eigenvalue weighted by molar-refractivity contribution is 5.65. The molecule has 2 heterocycles. The van der Waals surface area contributed by atoms with Gasteiger partial charge in [0.25, 0.3) is 0 Å². The lowest BCUT2D eigenvalue weighted by atomic mass is 10.1. The molecule has 0 aliphatic carbocycles. The number of nitrogens with zero attached hydrogens (tertiary/aromatic N) is 3. The van der Waals surface area contributed by atoms with Crippen molar-refractivity contribution in [1.29, 1.82) is 0 Å². The van der Waals surface area contributed by atoms with Gasteiger partial charge in [0, 0.05) is 23.1 Å². The van der Waals surface area contributed by atoms with Gasteiger partial charge in [0.15, 0.2) is 0 Å². The Labute approximate surface area is 187 Å². The van der Waals surface area contributed by atoms with Crippen molar-refractivity contribution in [2.75, 3.05) is 19.8 Å². The first kappa shape index (κ1) is 23.5. The lowest BCUT2D eigenvalue weighted by Gasteiger charge is -2.29. The van der Waals surface area contributed by atoms with Gasteiger partial charge in [-0.2, -0.15) is 0 Å². The van der Waals surface area contributed by atoms with E-state index in [1.807, 2.05) is 60.9 Å². The van der Waals surface area contributed by atoms with E-state index in [0.29, 0.717) is 12.2 Å². The number of hydrogen-bond donors (Lipinski definition) is 3. The monoisotopic (exact) mass is 439 g/mol. The van der Waals surface area contributed by atoms with Crippen molar-refractivity contribution in [3.63, 3.8) is 0 Å². The number of hydrogen-bond acceptors (Lipinski definition) is 5. The van der Waals surface area contributed by atoms with Gasteiger partial charge in [0.2, 0.25) is 0 Å². The van der Waals surface area contributed by atoms with E-state index in [0.717, 1.165) is 27.7 Å². The molecule has 0 unspecified atom stereocenters. The van der Waals surface area contributed by atoms with Gasteiger partial charge in [-0.1, -0.05) is 36.4 Å². The van der Waals surface area contributed by atoms with Crippen molar-refractivity contribution in [2.45, 2.75) is 32.6 Å². The third kappa shape index (κ3) is 5.73. The Balaban J connectivity index is 1.64. The second kappa shape index (κ2) is 10.9. The zero-order chi connectivity index (χ0) is 23.1. The summed E-state index contributed by atoms with van der Waals surface area (Å²) in [5.41, 5.74) is 3.53. The normalized spacial score (nSPS) is 13.0. The van der Waals surface area contributed by atoms with E-state index in [2.05, 4.69) is 4.98 Å². The van der Waals surface area contributed by atoms with Crippen molar-refractivity contribution >= 4 is 6.09 Å². The number of aliphatic hydroxyl groups is 2. The highest BCUT2D eigenvalue weighted by atomic mass is 16.5. The van der Waals surface area contributed by atoms with Gasteiger partial charge in [-0.3, -0.25) is 4.90 Å². The van der Waals surface area contributed by atoms with E-state index >= 15 is 0 Å². The van der Waals surface area contributed by atoms with Gasteiger partial charge in [-0.25, -0.2) is 9.78 Å². The van der Waals surface area contributed by atoms with Gasteiger partial charge in [0.1, 0.15) is 5.82 Å². The maximum absolute atomic E-state index is 11.8. The molecule has 3 rings (SSSR count). The molecule has 0 fully saturated rings. The molecule has 0 aliphatic heterocycles. The Morgan fingerprint density at radius 1 is 1.09 bits per heavy atom. The highest BCUT2D eigenvalue weighted by Crippen LogP contribution is 2.19. The third-order valence-electron chi connectivity index (χ3n) is 5.34. The smallest absolute Gasteiger partial charge is 0.407 e. The van der Waals surface area contributed by atoms with Crippen LogP contribution in [0.1, 0.15) is 28.6 Å². The molecular weight excluding hydrogens is 410 g/mol. The quantitative estimate of drug-likeness (QED) is 0.448. The molecule has 8 heteroatoms. The first-order chi connectivity index (χ1) is 15.4. The fourth-order valence-electron chi connectivity index (χ4n) is 3.56. The van der Waals surface area contributed by atoms with Crippen molar-refractivity contribution in [3.05, 3.63) is 83.3 Å². The summed E-state index contributed by atoms with van der Waals surface area (Å²) in [6.45, 7) is 3.65. The summed E-state index contributed by atoms with van der Waals surface area (Å²) < 4.78 is 7.60. The first-order valence-corrected chi connectivity index (χ1v) is 10.4. The maximum atomic E-state index is 11.8. The van der Waals surface area contributed by atoms with Crippen LogP contribution in [-0.2, 0) is 11.3 Å². The number of benzene rings is 1. The minimum absolute atomic E-state index is 0.00772. The number of aromatic nitrogens is 2. The van der Waals surface area contributed by atoms with Crippen molar-refractivity contribution in [3.8, 4) is 5.82 Å². The summed E-state index contributed by atoms with van der Waals surface area (Å²) in [7, 11) is 0. The average molecular weight is 440 g/mol. The number of ether oxygens (including phenoxy) is 1. The van der Waals surface area contributed by atoms with Crippen molar-refractivity contribution < 1.29 is 24.9 Å².